The highest BCUT2D eigenvalue weighted by atomic mass is 19.1. The van der Waals surface area contributed by atoms with Gasteiger partial charge >= 0.3 is 0 Å². The van der Waals surface area contributed by atoms with Crippen LogP contribution in [0.2, 0.25) is 0 Å². The van der Waals surface area contributed by atoms with Crippen LogP contribution in [0.3, 0.4) is 0 Å². The van der Waals surface area contributed by atoms with E-state index in [1.54, 1.807) is 4.90 Å². The Kier molecular flexibility index (Phi) is 4.46. The first-order chi connectivity index (χ1) is 8.97. The second-order valence-corrected chi connectivity index (χ2v) is 4.87. The van der Waals surface area contributed by atoms with Crippen LogP contribution in [0.15, 0.2) is 18.2 Å². The molecule has 19 heavy (non-hydrogen) atoms. The van der Waals surface area contributed by atoms with E-state index in [2.05, 4.69) is 0 Å². The van der Waals surface area contributed by atoms with Gasteiger partial charge in [0.05, 0.1) is 12.2 Å². The lowest BCUT2D eigenvalue weighted by atomic mass is 10.0. The highest BCUT2D eigenvalue weighted by molar-refractivity contribution is 5.18. The molecule has 1 aliphatic heterocycles. The minimum Gasteiger partial charge on any atom is -0.389 e. The summed E-state index contributed by atoms with van der Waals surface area (Å²) in [4.78, 5) is 1.74. The monoisotopic (exact) mass is 273 g/mol. The highest BCUT2D eigenvalue weighted by Crippen LogP contribution is 2.14. The van der Waals surface area contributed by atoms with Crippen molar-refractivity contribution in [2.24, 2.45) is 0 Å². The number of benzene rings is 1. The molecule has 0 spiro atoms. The minimum atomic E-state index is -1.14. The molecule has 1 saturated heterocycles. The predicted molar refractivity (Wildman–Crippen MR) is 64.5 cm³/mol. The average molecular weight is 273 g/mol. The summed E-state index contributed by atoms with van der Waals surface area (Å²) in [6.07, 6.45) is -2.82. The maximum Gasteiger partial charge on any atom is 0.129 e. The Morgan fingerprint density at radius 2 is 1.74 bits per heavy atom. The minimum absolute atomic E-state index is 0.223. The Balaban J connectivity index is 1.92. The molecule has 2 atom stereocenters. The van der Waals surface area contributed by atoms with Crippen molar-refractivity contribution >= 4 is 0 Å². The van der Waals surface area contributed by atoms with Gasteiger partial charge in [0.25, 0.3) is 0 Å². The summed E-state index contributed by atoms with van der Waals surface area (Å²) in [6.45, 7) is 0.867. The smallest absolute Gasteiger partial charge is 0.129 e. The van der Waals surface area contributed by atoms with Crippen LogP contribution in [0.25, 0.3) is 0 Å². The third-order valence-corrected chi connectivity index (χ3v) is 3.39. The van der Waals surface area contributed by atoms with Gasteiger partial charge < -0.3 is 15.3 Å². The number of aliphatic hydroxyl groups is 3. The summed E-state index contributed by atoms with van der Waals surface area (Å²) in [5.74, 6) is -1.22. The number of β-amino-alcohol motifs (C(OH)–C–C–N with tert-alkyl or cyclic N) is 2. The van der Waals surface area contributed by atoms with Crippen LogP contribution in [-0.2, 0) is 6.42 Å². The topological polar surface area (TPSA) is 63.9 Å². The van der Waals surface area contributed by atoms with Crippen molar-refractivity contribution < 1.29 is 24.1 Å². The molecule has 6 heteroatoms. The lowest BCUT2D eigenvalue weighted by molar-refractivity contribution is -0.109. The van der Waals surface area contributed by atoms with E-state index in [1.807, 2.05) is 0 Å². The number of hydrogen-bond acceptors (Lipinski definition) is 4. The van der Waals surface area contributed by atoms with Crippen LogP contribution < -0.4 is 0 Å². The van der Waals surface area contributed by atoms with Gasteiger partial charge in [-0.3, -0.25) is 4.90 Å². The number of piperidine rings is 1. The Morgan fingerprint density at radius 3 is 2.32 bits per heavy atom. The molecular formula is C13H17F2NO3. The van der Waals surface area contributed by atoms with Crippen LogP contribution in [0.4, 0.5) is 8.78 Å². The molecule has 0 bridgehead atoms. The number of likely N-dealkylation sites (tertiary alicyclic amines) is 1. The van der Waals surface area contributed by atoms with Gasteiger partial charge in [0, 0.05) is 25.7 Å². The van der Waals surface area contributed by atoms with Crippen molar-refractivity contribution in [2.75, 3.05) is 19.6 Å². The number of rotatable bonds is 3. The van der Waals surface area contributed by atoms with E-state index in [9.17, 15) is 24.1 Å². The van der Waals surface area contributed by atoms with Crippen LogP contribution in [-0.4, -0.2) is 58.2 Å². The van der Waals surface area contributed by atoms with Crippen molar-refractivity contribution in [3.05, 3.63) is 35.4 Å². The predicted octanol–water partition coefficient (Wildman–Crippen LogP) is -0.0944. The Hall–Kier alpha value is -1.08. The fourth-order valence-corrected chi connectivity index (χ4v) is 2.26. The summed E-state index contributed by atoms with van der Waals surface area (Å²) in [6, 6.07) is 3.41. The van der Waals surface area contributed by atoms with E-state index in [0.717, 1.165) is 6.07 Å². The van der Waals surface area contributed by atoms with Crippen molar-refractivity contribution in [1.82, 2.24) is 4.90 Å². The number of hydrogen-bond donors (Lipinski definition) is 3. The Labute approximate surface area is 109 Å². The van der Waals surface area contributed by atoms with Crippen LogP contribution in [0, 0.1) is 11.6 Å². The number of aliphatic hydroxyl groups excluding tert-OH is 3. The fourth-order valence-electron chi connectivity index (χ4n) is 2.26. The molecule has 1 aliphatic rings. The van der Waals surface area contributed by atoms with Crippen molar-refractivity contribution in [1.29, 1.82) is 0 Å². The van der Waals surface area contributed by atoms with Crippen LogP contribution in [0.5, 0.6) is 0 Å². The SMILES string of the molecule is OC1CN(CCc2ccc(F)cc2F)CC(O)C1O. The second kappa shape index (κ2) is 5.92. The summed E-state index contributed by atoms with van der Waals surface area (Å²) < 4.78 is 26.2. The molecule has 4 nitrogen and oxygen atoms in total. The third-order valence-electron chi connectivity index (χ3n) is 3.39. The molecular weight excluding hydrogens is 256 g/mol. The maximum atomic E-state index is 13.4. The van der Waals surface area contributed by atoms with Crippen LogP contribution in [0.1, 0.15) is 5.56 Å². The molecule has 1 fully saturated rings. The molecule has 0 radical (unpaired) electrons. The van der Waals surface area contributed by atoms with E-state index < -0.39 is 29.9 Å². The third kappa shape index (κ3) is 3.48. The zero-order chi connectivity index (χ0) is 14.0. The summed E-state index contributed by atoms with van der Waals surface area (Å²) >= 11 is 0. The molecule has 0 amide bonds. The van der Waals surface area contributed by atoms with Gasteiger partial charge in [0.15, 0.2) is 0 Å². The number of halogens is 2. The molecule has 1 aromatic rings. The molecule has 1 aromatic carbocycles. The Bertz CT molecular complexity index is 432. The fraction of sp³-hybridized carbons (Fsp3) is 0.538. The molecule has 3 N–H and O–H groups in total. The normalized spacial score (nSPS) is 28.6. The number of nitrogens with zero attached hydrogens (tertiary/aromatic N) is 1. The summed E-state index contributed by atoms with van der Waals surface area (Å²) in [5.41, 5.74) is 0.386. The van der Waals surface area contributed by atoms with E-state index in [0.29, 0.717) is 18.5 Å². The van der Waals surface area contributed by atoms with Gasteiger partial charge in [-0.25, -0.2) is 8.78 Å². The average Bonchev–Trinajstić information content (AvgIpc) is 2.34. The largest absolute Gasteiger partial charge is 0.389 e. The zero-order valence-corrected chi connectivity index (χ0v) is 10.3. The van der Waals surface area contributed by atoms with Crippen molar-refractivity contribution in [3.8, 4) is 0 Å². The van der Waals surface area contributed by atoms with Gasteiger partial charge in [0.2, 0.25) is 0 Å². The standard InChI is InChI=1S/C13H17F2NO3/c14-9-2-1-8(10(15)5-9)3-4-16-6-11(17)13(19)12(18)7-16/h1-2,5,11-13,17-19H,3-4,6-7H2. The second-order valence-electron chi connectivity index (χ2n) is 4.87. The summed E-state index contributed by atoms with van der Waals surface area (Å²) in [7, 11) is 0. The van der Waals surface area contributed by atoms with Gasteiger partial charge in [-0.15, -0.1) is 0 Å². The van der Waals surface area contributed by atoms with Crippen molar-refractivity contribution in [2.45, 2.75) is 24.7 Å². The Morgan fingerprint density at radius 1 is 1.11 bits per heavy atom. The molecule has 0 saturated carbocycles. The molecule has 0 aliphatic carbocycles. The van der Waals surface area contributed by atoms with Crippen molar-refractivity contribution in [3.63, 3.8) is 0 Å². The first kappa shape index (κ1) is 14.3. The molecule has 1 heterocycles. The highest BCUT2D eigenvalue weighted by Gasteiger charge is 2.32. The van der Waals surface area contributed by atoms with Gasteiger partial charge in [-0.1, -0.05) is 6.07 Å². The molecule has 0 aromatic heterocycles. The van der Waals surface area contributed by atoms with Crippen LogP contribution >= 0.6 is 0 Å². The molecule has 2 rings (SSSR count). The van der Waals surface area contributed by atoms with Gasteiger partial charge in [-0.2, -0.15) is 0 Å². The summed E-state index contributed by atoms with van der Waals surface area (Å²) in [5, 5.41) is 28.5. The lowest BCUT2D eigenvalue weighted by Crippen LogP contribution is -2.55. The lowest BCUT2D eigenvalue weighted by Gasteiger charge is -2.36. The van der Waals surface area contributed by atoms with Gasteiger partial charge in [0.1, 0.15) is 17.7 Å². The van der Waals surface area contributed by atoms with E-state index >= 15 is 0 Å². The van der Waals surface area contributed by atoms with E-state index in [-0.39, 0.29) is 13.1 Å². The first-order valence-corrected chi connectivity index (χ1v) is 6.18. The van der Waals surface area contributed by atoms with E-state index in [1.165, 1.54) is 12.1 Å². The quantitative estimate of drug-likeness (QED) is 0.720. The first-order valence-electron chi connectivity index (χ1n) is 6.18. The van der Waals surface area contributed by atoms with Gasteiger partial charge in [-0.05, 0) is 18.1 Å². The van der Waals surface area contributed by atoms with E-state index in [4.69, 9.17) is 0 Å². The molecule has 106 valence electrons. The maximum absolute atomic E-state index is 13.4. The zero-order valence-electron chi connectivity index (χ0n) is 10.3. The molecule has 2 unspecified atom stereocenters.